The summed E-state index contributed by atoms with van der Waals surface area (Å²) in [6, 6.07) is 0. The molecule has 0 amide bonds. The van der Waals surface area contributed by atoms with Crippen LogP contribution in [0.5, 0.6) is 0 Å². The predicted octanol–water partition coefficient (Wildman–Crippen LogP) is 7.85. The molecule has 0 aromatic rings. The number of unbranched alkanes of at least 4 members (excludes halogenated alkanes) is 15. The largest absolute Gasteiger partial charge is 0.396 e. The van der Waals surface area contributed by atoms with Gasteiger partial charge in [-0.15, -0.1) is 0 Å². The van der Waals surface area contributed by atoms with Gasteiger partial charge in [0, 0.05) is 20.8 Å². The second-order valence-corrected chi connectivity index (χ2v) is 11.8. The van der Waals surface area contributed by atoms with Gasteiger partial charge in [0.15, 0.2) is 0 Å². The molecule has 1 aliphatic rings. The first kappa shape index (κ1) is 38.5. The smallest absolute Gasteiger partial charge is 0.147 e. The standard InChI is InChI=1S/C34H66O7/c1-4-5-6-7-8-9-10-11-12-13-16-19-22-31(39-28-37-2)33-25-26-34(41-33)32(40-29-38-3)24-23-30(36)21-18-15-14-17-20-27-35/h23-24,30-36H,4-22,25-29H2,1-3H3/t30-,31-,32-,33-,34-/m1/s1. The van der Waals surface area contributed by atoms with Crippen molar-refractivity contribution in [1.29, 1.82) is 0 Å². The summed E-state index contributed by atoms with van der Waals surface area (Å²) in [6.07, 6.45) is 27.6. The van der Waals surface area contributed by atoms with Gasteiger partial charge in [0.1, 0.15) is 19.7 Å². The molecule has 1 fully saturated rings. The Morgan fingerprint density at radius 2 is 1.17 bits per heavy atom. The lowest BCUT2D eigenvalue weighted by molar-refractivity contribution is -0.149. The second kappa shape index (κ2) is 28.2. The lowest BCUT2D eigenvalue weighted by Gasteiger charge is -2.26. The number of hydrogen-bond donors (Lipinski definition) is 2. The second-order valence-electron chi connectivity index (χ2n) is 11.8. The molecule has 5 atom stereocenters. The van der Waals surface area contributed by atoms with E-state index < -0.39 is 6.10 Å². The summed E-state index contributed by atoms with van der Waals surface area (Å²) >= 11 is 0. The molecule has 0 unspecified atom stereocenters. The highest BCUT2D eigenvalue weighted by Crippen LogP contribution is 2.30. The minimum atomic E-state index is -0.498. The molecule has 0 aromatic heterocycles. The predicted molar refractivity (Wildman–Crippen MR) is 167 cm³/mol. The molecule has 0 spiro atoms. The molecule has 0 aliphatic carbocycles. The fourth-order valence-corrected chi connectivity index (χ4v) is 5.69. The van der Waals surface area contributed by atoms with Crippen LogP contribution in [0.2, 0.25) is 0 Å². The summed E-state index contributed by atoms with van der Waals surface area (Å²) in [5.74, 6) is 0. The van der Waals surface area contributed by atoms with E-state index in [4.69, 9.17) is 28.8 Å². The van der Waals surface area contributed by atoms with Crippen molar-refractivity contribution in [1.82, 2.24) is 0 Å². The van der Waals surface area contributed by atoms with E-state index in [-0.39, 0.29) is 44.6 Å². The normalized spacial score (nSPS) is 19.7. The zero-order chi connectivity index (χ0) is 29.8. The Morgan fingerprint density at radius 1 is 0.659 bits per heavy atom. The topological polar surface area (TPSA) is 86.6 Å². The molecular weight excluding hydrogens is 520 g/mol. The van der Waals surface area contributed by atoms with Gasteiger partial charge >= 0.3 is 0 Å². The average molecular weight is 587 g/mol. The quantitative estimate of drug-likeness (QED) is 0.0503. The van der Waals surface area contributed by atoms with E-state index in [2.05, 4.69) is 6.92 Å². The number of methoxy groups -OCH3 is 2. The molecule has 41 heavy (non-hydrogen) atoms. The summed E-state index contributed by atoms with van der Waals surface area (Å²) in [5.41, 5.74) is 0. The van der Waals surface area contributed by atoms with Crippen LogP contribution in [-0.2, 0) is 23.7 Å². The van der Waals surface area contributed by atoms with Crippen molar-refractivity contribution < 1.29 is 33.9 Å². The maximum Gasteiger partial charge on any atom is 0.147 e. The maximum absolute atomic E-state index is 10.5. The minimum absolute atomic E-state index is 0.0200. The molecule has 0 saturated carbocycles. The number of aliphatic hydroxyl groups excluding tert-OH is 2. The minimum Gasteiger partial charge on any atom is -0.396 e. The number of hydrogen-bond acceptors (Lipinski definition) is 7. The van der Waals surface area contributed by atoms with Crippen LogP contribution in [0.1, 0.15) is 142 Å². The summed E-state index contributed by atoms with van der Waals surface area (Å²) in [6.45, 7) is 3.00. The lowest BCUT2D eigenvalue weighted by atomic mass is 10.0. The van der Waals surface area contributed by atoms with E-state index in [1.807, 2.05) is 12.2 Å². The van der Waals surface area contributed by atoms with Crippen molar-refractivity contribution in [3.8, 4) is 0 Å². The van der Waals surface area contributed by atoms with Gasteiger partial charge in [0.25, 0.3) is 0 Å². The van der Waals surface area contributed by atoms with E-state index in [0.29, 0.717) is 0 Å². The van der Waals surface area contributed by atoms with Gasteiger partial charge in [-0.1, -0.05) is 122 Å². The average Bonchev–Trinajstić information content (AvgIpc) is 3.47. The van der Waals surface area contributed by atoms with Crippen LogP contribution in [0, 0.1) is 0 Å². The number of ether oxygens (including phenoxy) is 5. The third-order valence-corrected chi connectivity index (χ3v) is 8.17. The van der Waals surface area contributed by atoms with Crippen LogP contribution in [-0.4, -0.2) is 75.1 Å². The Hall–Kier alpha value is -0.540. The molecule has 0 bridgehead atoms. The van der Waals surface area contributed by atoms with Gasteiger partial charge < -0.3 is 33.9 Å². The zero-order valence-corrected chi connectivity index (χ0v) is 26.9. The molecule has 7 nitrogen and oxygen atoms in total. The molecule has 7 heteroatoms. The Balaban J connectivity index is 2.39. The first-order valence-corrected chi connectivity index (χ1v) is 17.0. The van der Waals surface area contributed by atoms with E-state index in [0.717, 1.165) is 64.2 Å². The van der Waals surface area contributed by atoms with Crippen molar-refractivity contribution >= 4 is 0 Å². The van der Waals surface area contributed by atoms with Crippen LogP contribution in [0.4, 0.5) is 0 Å². The third-order valence-electron chi connectivity index (χ3n) is 8.17. The van der Waals surface area contributed by atoms with Crippen LogP contribution < -0.4 is 0 Å². The fourth-order valence-electron chi connectivity index (χ4n) is 5.69. The first-order valence-electron chi connectivity index (χ1n) is 17.0. The van der Waals surface area contributed by atoms with Crippen molar-refractivity contribution in [2.75, 3.05) is 34.4 Å². The number of rotatable bonds is 30. The molecular formula is C34H66O7. The van der Waals surface area contributed by atoms with Gasteiger partial charge in [-0.05, 0) is 32.1 Å². The third kappa shape index (κ3) is 20.9. The SMILES string of the molecule is CCCCCCCCCCCCCC[C@@H](OCOC)[C@H]1CC[C@H]([C@@H](C=C[C@H](O)CCCCCCCO)OCOC)O1. The Kier molecular flexibility index (Phi) is 26.5. The fraction of sp³-hybridized carbons (Fsp3) is 0.941. The highest BCUT2D eigenvalue weighted by molar-refractivity contribution is 4.99. The Labute approximate surface area is 252 Å². The van der Waals surface area contributed by atoms with Crippen molar-refractivity contribution in [3.63, 3.8) is 0 Å². The molecule has 2 N–H and O–H groups in total. The first-order chi connectivity index (χ1) is 20.2. The summed E-state index contributed by atoms with van der Waals surface area (Å²) in [7, 11) is 3.28. The van der Waals surface area contributed by atoms with Gasteiger partial charge in [0.2, 0.25) is 0 Å². The molecule has 0 aromatic carbocycles. The van der Waals surface area contributed by atoms with Gasteiger partial charge in [-0.25, -0.2) is 0 Å². The molecule has 1 aliphatic heterocycles. The summed E-state index contributed by atoms with van der Waals surface area (Å²) in [4.78, 5) is 0. The number of aliphatic hydroxyl groups is 2. The van der Waals surface area contributed by atoms with E-state index >= 15 is 0 Å². The Morgan fingerprint density at radius 3 is 1.76 bits per heavy atom. The maximum atomic E-state index is 10.5. The monoisotopic (exact) mass is 586 g/mol. The van der Waals surface area contributed by atoms with Crippen molar-refractivity contribution in [2.45, 2.75) is 172 Å². The lowest BCUT2D eigenvalue weighted by Crippen LogP contribution is -2.34. The van der Waals surface area contributed by atoms with Crippen LogP contribution in [0.25, 0.3) is 0 Å². The van der Waals surface area contributed by atoms with E-state index in [1.54, 1.807) is 14.2 Å². The van der Waals surface area contributed by atoms with Gasteiger partial charge in [-0.2, -0.15) is 0 Å². The molecule has 1 heterocycles. The van der Waals surface area contributed by atoms with Crippen molar-refractivity contribution in [3.05, 3.63) is 12.2 Å². The van der Waals surface area contributed by atoms with Crippen molar-refractivity contribution in [2.24, 2.45) is 0 Å². The van der Waals surface area contributed by atoms with Crippen LogP contribution in [0.3, 0.4) is 0 Å². The van der Waals surface area contributed by atoms with Gasteiger partial charge in [0.05, 0.1) is 24.4 Å². The molecule has 1 saturated heterocycles. The molecule has 0 radical (unpaired) electrons. The summed E-state index contributed by atoms with van der Waals surface area (Å²) < 4.78 is 28.9. The van der Waals surface area contributed by atoms with Gasteiger partial charge in [-0.3, -0.25) is 0 Å². The zero-order valence-electron chi connectivity index (χ0n) is 26.9. The van der Waals surface area contributed by atoms with E-state index in [9.17, 15) is 5.11 Å². The molecule has 244 valence electrons. The Bertz CT molecular complexity index is 573. The highest BCUT2D eigenvalue weighted by Gasteiger charge is 2.36. The van der Waals surface area contributed by atoms with Crippen LogP contribution in [0.15, 0.2) is 12.2 Å². The molecule has 1 rings (SSSR count). The van der Waals surface area contributed by atoms with E-state index in [1.165, 1.54) is 70.6 Å². The van der Waals surface area contributed by atoms with Crippen LogP contribution >= 0.6 is 0 Å². The summed E-state index contributed by atoms with van der Waals surface area (Å²) in [5, 5.41) is 19.3. The highest BCUT2D eigenvalue weighted by atomic mass is 16.7.